The van der Waals surface area contributed by atoms with Crippen molar-refractivity contribution in [3.63, 3.8) is 0 Å². The van der Waals surface area contributed by atoms with Crippen LogP contribution in [0.4, 0.5) is 0 Å². The Morgan fingerprint density at radius 3 is 2.53 bits per heavy atom. The van der Waals surface area contributed by atoms with Gasteiger partial charge in [-0.1, -0.05) is 0 Å². The minimum atomic E-state index is 0.575. The lowest BCUT2D eigenvalue weighted by atomic mass is 10.0. The lowest BCUT2D eigenvalue weighted by Crippen LogP contribution is -2.53. The summed E-state index contributed by atoms with van der Waals surface area (Å²) in [7, 11) is 6.44. The lowest BCUT2D eigenvalue weighted by molar-refractivity contribution is 0.0895. The van der Waals surface area contributed by atoms with Crippen LogP contribution in [0.2, 0.25) is 0 Å². The normalized spacial score (nSPS) is 28.0. The predicted octanol–water partition coefficient (Wildman–Crippen LogP) is 1.01. The number of piperidine rings is 1. The molecule has 1 saturated heterocycles. The standard InChI is InChI=1S/C12H27N3/c1-10(13-3)11(2)15-8-6-7-12(9-15)14(4)5/h10-13H,6-9H2,1-5H3. The first-order valence-corrected chi connectivity index (χ1v) is 6.14. The molecule has 0 aromatic heterocycles. The summed E-state index contributed by atoms with van der Waals surface area (Å²) in [6, 6.07) is 1.95. The number of nitrogens with zero attached hydrogens (tertiary/aromatic N) is 2. The maximum absolute atomic E-state index is 3.35. The summed E-state index contributed by atoms with van der Waals surface area (Å²) in [4.78, 5) is 4.98. The zero-order chi connectivity index (χ0) is 11.4. The number of nitrogens with one attached hydrogen (secondary N) is 1. The van der Waals surface area contributed by atoms with Crippen molar-refractivity contribution in [1.82, 2.24) is 15.1 Å². The highest BCUT2D eigenvalue weighted by Crippen LogP contribution is 2.17. The van der Waals surface area contributed by atoms with Crippen molar-refractivity contribution in [3.8, 4) is 0 Å². The van der Waals surface area contributed by atoms with Crippen molar-refractivity contribution >= 4 is 0 Å². The number of hydrogen-bond acceptors (Lipinski definition) is 3. The van der Waals surface area contributed by atoms with Crippen molar-refractivity contribution in [2.24, 2.45) is 0 Å². The van der Waals surface area contributed by atoms with Gasteiger partial charge in [-0.25, -0.2) is 0 Å². The van der Waals surface area contributed by atoms with Gasteiger partial charge in [0.15, 0.2) is 0 Å². The Balaban J connectivity index is 2.48. The Morgan fingerprint density at radius 2 is 2.00 bits per heavy atom. The highest BCUT2D eigenvalue weighted by Gasteiger charge is 2.26. The van der Waals surface area contributed by atoms with Gasteiger partial charge in [-0.05, 0) is 54.4 Å². The molecule has 3 heteroatoms. The summed E-state index contributed by atoms with van der Waals surface area (Å²) in [5.41, 5.74) is 0. The molecule has 1 rings (SSSR count). The van der Waals surface area contributed by atoms with Crippen LogP contribution in [0.15, 0.2) is 0 Å². The maximum Gasteiger partial charge on any atom is 0.0218 e. The van der Waals surface area contributed by atoms with Crippen molar-refractivity contribution in [2.75, 3.05) is 34.2 Å². The van der Waals surface area contributed by atoms with E-state index in [9.17, 15) is 0 Å². The van der Waals surface area contributed by atoms with Gasteiger partial charge >= 0.3 is 0 Å². The average molecular weight is 213 g/mol. The predicted molar refractivity (Wildman–Crippen MR) is 66.3 cm³/mol. The van der Waals surface area contributed by atoms with Crippen LogP contribution < -0.4 is 5.32 Å². The van der Waals surface area contributed by atoms with E-state index in [1.807, 2.05) is 0 Å². The number of likely N-dealkylation sites (N-methyl/N-ethyl adjacent to an activating group) is 2. The Hall–Kier alpha value is -0.120. The molecule has 90 valence electrons. The molecule has 1 aliphatic heterocycles. The molecule has 0 aromatic carbocycles. The van der Waals surface area contributed by atoms with Crippen LogP contribution in [0.1, 0.15) is 26.7 Å². The fraction of sp³-hybridized carbons (Fsp3) is 1.00. The van der Waals surface area contributed by atoms with Gasteiger partial charge < -0.3 is 10.2 Å². The highest BCUT2D eigenvalue weighted by atomic mass is 15.2. The molecule has 1 N–H and O–H groups in total. The molecule has 0 saturated carbocycles. The summed E-state index contributed by atoms with van der Waals surface area (Å²) in [5.74, 6) is 0. The van der Waals surface area contributed by atoms with Crippen LogP contribution in [-0.2, 0) is 0 Å². The van der Waals surface area contributed by atoms with Gasteiger partial charge in [0.05, 0.1) is 0 Å². The zero-order valence-electron chi connectivity index (χ0n) is 11.0. The van der Waals surface area contributed by atoms with Crippen LogP contribution in [0, 0.1) is 0 Å². The first-order valence-electron chi connectivity index (χ1n) is 6.14. The van der Waals surface area contributed by atoms with E-state index in [-0.39, 0.29) is 0 Å². The molecule has 1 fully saturated rings. The van der Waals surface area contributed by atoms with Crippen LogP contribution in [-0.4, -0.2) is 62.2 Å². The molecule has 3 nitrogen and oxygen atoms in total. The summed E-state index contributed by atoms with van der Waals surface area (Å²) >= 11 is 0. The largest absolute Gasteiger partial charge is 0.316 e. The second kappa shape index (κ2) is 5.83. The second-order valence-electron chi connectivity index (χ2n) is 5.07. The van der Waals surface area contributed by atoms with Gasteiger partial charge in [0, 0.05) is 24.7 Å². The van der Waals surface area contributed by atoms with Crippen LogP contribution in [0.3, 0.4) is 0 Å². The van der Waals surface area contributed by atoms with E-state index >= 15 is 0 Å². The first kappa shape index (κ1) is 12.9. The Bertz CT molecular complexity index is 182. The second-order valence-corrected chi connectivity index (χ2v) is 5.07. The summed E-state index contributed by atoms with van der Waals surface area (Å²) in [6.45, 7) is 7.08. The van der Waals surface area contributed by atoms with Gasteiger partial charge in [0.1, 0.15) is 0 Å². The number of likely N-dealkylation sites (tertiary alicyclic amines) is 1. The van der Waals surface area contributed by atoms with Crippen molar-refractivity contribution in [1.29, 1.82) is 0 Å². The molecule has 3 atom stereocenters. The number of hydrogen-bond donors (Lipinski definition) is 1. The summed E-state index contributed by atoms with van der Waals surface area (Å²) < 4.78 is 0. The third-order valence-electron chi connectivity index (χ3n) is 3.91. The van der Waals surface area contributed by atoms with Crippen LogP contribution in [0.25, 0.3) is 0 Å². The molecule has 0 bridgehead atoms. The van der Waals surface area contributed by atoms with E-state index in [1.165, 1.54) is 25.9 Å². The third kappa shape index (κ3) is 3.44. The Labute approximate surface area is 94.8 Å². The SMILES string of the molecule is CNC(C)C(C)N1CCCC(N(C)C)C1. The molecule has 0 aliphatic carbocycles. The Kier molecular flexibility index (Phi) is 5.03. The minimum absolute atomic E-state index is 0.575. The van der Waals surface area contributed by atoms with Crippen molar-refractivity contribution in [2.45, 2.75) is 44.8 Å². The third-order valence-corrected chi connectivity index (χ3v) is 3.91. The molecule has 3 unspecified atom stereocenters. The van der Waals surface area contributed by atoms with Gasteiger partial charge in [0.25, 0.3) is 0 Å². The van der Waals surface area contributed by atoms with E-state index in [0.29, 0.717) is 12.1 Å². The summed E-state index contributed by atoms with van der Waals surface area (Å²) in [5, 5.41) is 3.35. The van der Waals surface area contributed by atoms with Gasteiger partial charge in [-0.2, -0.15) is 0 Å². The van der Waals surface area contributed by atoms with Gasteiger partial charge in [0.2, 0.25) is 0 Å². The molecule has 0 aromatic rings. The molecular weight excluding hydrogens is 186 g/mol. The van der Waals surface area contributed by atoms with E-state index in [1.54, 1.807) is 0 Å². The van der Waals surface area contributed by atoms with E-state index in [2.05, 4.69) is 50.1 Å². The molecule has 0 amide bonds. The highest BCUT2D eigenvalue weighted by molar-refractivity contribution is 4.84. The van der Waals surface area contributed by atoms with Crippen molar-refractivity contribution < 1.29 is 0 Å². The zero-order valence-corrected chi connectivity index (χ0v) is 11.0. The smallest absolute Gasteiger partial charge is 0.0218 e. The molecular formula is C12H27N3. The van der Waals surface area contributed by atoms with Crippen LogP contribution >= 0.6 is 0 Å². The average Bonchev–Trinajstić information content (AvgIpc) is 2.27. The minimum Gasteiger partial charge on any atom is -0.316 e. The lowest BCUT2D eigenvalue weighted by Gasteiger charge is -2.41. The fourth-order valence-corrected chi connectivity index (χ4v) is 2.33. The molecule has 1 aliphatic rings. The topological polar surface area (TPSA) is 18.5 Å². The first-order chi connectivity index (χ1) is 7.06. The molecule has 1 heterocycles. The fourth-order valence-electron chi connectivity index (χ4n) is 2.33. The number of rotatable bonds is 4. The van der Waals surface area contributed by atoms with Gasteiger partial charge in [-0.3, -0.25) is 4.90 Å². The van der Waals surface area contributed by atoms with E-state index in [4.69, 9.17) is 0 Å². The molecule has 0 radical (unpaired) electrons. The molecule has 15 heavy (non-hydrogen) atoms. The maximum atomic E-state index is 3.35. The molecule has 0 spiro atoms. The van der Waals surface area contributed by atoms with E-state index < -0.39 is 0 Å². The van der Waals surface area contributed by atoms with Crippen molar-refractivity contribution in [3.05, 3.63) is 0 Å². The quantitative estimate of drug-likeness (QED) is 0.752. The Morgan fingerprint density at radius 1 is 1.33 bits per heavy atom. The monoisotopic (exact) mass is 213 g/mol. The van der Waals surface area contributed by atoms with E-state index in [0.717, 1.165) is 6.04 Å². The van der Waals surface area contributed by atoms with Gasteiger partial charge in [-0.15, -0.1) is 0 Å². The van der Waals surface area contributed by atoms with Crippen LogP contribution in [0.5, 0.6) is 0 Å². The summed E-state index contributed by atoms with van der Waals surface area (Å²) in [6.07, 6.45) is 2.69.